The van der Waals surface area contributed by atoms with E-state index in [0.29, 0.717) is 24.2 Å². The van der Waals surface area contributed by atoms with Gasteiger partial charge in [-0.25, -0.2) is 0 Å². The van der Waals surface area contributed by atoms with E-state index in [1.165, 1.54) is 12.1 Å². The zero-order valence-electron chi connectivity index (χ0n) is 27.7. The molecule has 0 spiro atoms. The fourth-order valence-corrected chi connectivity index (χ4v) is 7.63. The van der Waals surface area contributed by atoms with E-state index in [1.54, 1.807) is 60.7 Å². The molecule has 0 radical (unpaired) electrons. The highest BCUT2D eigenvalue weighted by atomic mass is 32.2. The summed E-state index contributed by atoms with van der Waals surface area (Å²) in [7, 11) is -9.69. The van der Waals surface area contributed by atoms with Crippen LogP contribution in [0.2, 0.25) is 0 Å². The average Bonchev–Trinajstić information content (AvgIpc) is 3.10. The number of aryl methyl sites for hydroxylation is 2. The van der Waals surface area contributed by atoms with Gasteiger partial charge < -0.3 is 21.7 Å². The third-order valence-corrected chi connectivity index (χ3v) is 10.5. The van der Waals surface area contributed by atoms with Gasteiger partial charge in [-0.1, -0.05) is 74.5 Å². The van der Waals surface area contributed by atoms with E-state index in [9.17, 15) is 36.2 Å². The Kier molecular flexibility index (Phi) is 9.41. The number of hydrogen-bond donors (Lipinski definition) is 6. The molecule has 0 saturated carbocycles. The number of phenolic OH excluding ortho intramolecular Hbond substituents is 2. The van der Waals surface area contributed by atoms with Gasteiger partial charge in [-0.15, -0.1) is 10.2 Å². The van der Waals surface area contributed by atoms with Crippen molar-refractivity contribution in [3.05, 3.63) is 96.1 Å². The molecule has 266 valence electrons. The Labute approximate surface area is 298 Å². The van der Waals surface area contributed by atoms with Crippen molar-refractivity contribution in [3.63, 3.8) is 0 Å². The van der Waals surface area contributed by atoms with Gasteiger partial charge in [0.15, 0.2) is 22.9 Å². The average molecular weight is 741 g/mol. The number of anilines is 2. The number of azo groups is 2. The van der Waals surface area contributed by atoms with Crippen molar-refractivity contribution in [3.8, 4) is 22.6 Å². The van der Waals surface area contributed by atoms with Crippen molar-refractivity contribution in [2.45, 2.75) is 36.5 Å². The summed E-state index contributed by atoms with van der Waals surface area (Å²) in [5.74, 6) is -1.64. The molecule has 0 aliphatic carbocycles. The Morgan fingerprint density at radius 1 is 0.538 bits per heavy atom. The molecule has 0 unspecified atom stereocenters. The quantitative estimate of drug-likeness (QED) is 0.0467. The fraction of sp³-hybridized carbons (Fsp3) is 0.111. The van der Waals surface area contributed by atoms with Crippen LogP contribution in [0, 0.1) is 0 Å². The lowest BCUT2D eigenvalue weighted by Gasteiger charge is -2.13. The summed E-state index contributed by atoms with van der Waals surface area (Å²) in [6.07, 6.45) is 1.07. The van der Waals surface area contributed by atoms with Crippen molar-refractivity contribution in [2.75, 3.05) is 11.5 Å². The number of hydrogen-bond acceptors (Lipinski definition) is 12. The van der Waals surface area contributed by atoms with Crippen molar-refractivity contribution in [2.24, 2.45) is 20.5 Å². The van der Waals surface area contributed by atoms with Crippen molar-refractivity contribution in [1.29, 1.82) is 0 Å². The Bertz CT molecular complexity index is 2530. The molecule has 0 aliphatic rings. The van der Waals surface area contributed by atoms with Crippen LogP contribution in [-0.2, 0) is 33.1 Å². The molecular formula is C36H32N6O8S2. The molecule has 0 saturated heterocycles. The molecule has 0 heterocycles. The Morgan fingerprint density at radius 3 is 1.21 bits per heavy atom. The first-order valence-corrected chi connectivity index (χ1v) is 18.6. The molecule has 0 bridgehead atoms. The molecular weight excluding hydrogens is 709 g/mol. The lowest BCUT2D eigenvalue weighted by Crippen LogP contribution is -2.02. The van der Waals surface area contributed by atoms with Crippen LogP contribution in [0.25, 0.3) is 32.7 Å². The van der Waals surface area contributed by atoms with Crippen molar-refractivity contribution >= 4 is 75.9 Å². The lowest BCUT2D eigenvalue weighted by molar-refractivity contribution is 0.444. The second-order valence-corrected chi connectivity index (χ2v) is 14.4. The Morgan fingerprint density at radius 2 is 0.885 bits per heavy atom. The highest BCUT2D eigenvalue weighted by Crippen LogP contribution is 2.47. The van der Waals surface area contributed by atoms with Gasteiger partial charge in [0.1, 0.15) is 9.79 Å². The lowest BCUT2D eigenvalue weighted by atomic mass is 9.98. The zero-order chi connectivity index (χ0) is 37.5. The third-order valence-electron chi connectivity index (χ3n) is 8.60. The predicted molar refractivity (Wildman–Crippen MR) is 199 cm³/mol. The molecule has 6 aromatic carbocycles. The third kappa shape index (κ3) is 6.51. The maximum atomic E-state index is 12.2. The summed E-state index contributed by atoms with van der Waals surface area (Å²) in [6, 6.07) is 23.1. The molecule has 0 aromatic heterocycles. The highest BCUT2D eigenvalue weighted by molar-refractivity contribution is 7.86. The maximum Gasteiger partial charge on any atom is 0.298 e. The minimum absolute atomic E-state index is 0.0133. The molecule has 0 atom stereocenters. The first-order valence-electron chi connectivity index (χ1n) is 15.8. The largest absolute Gasteiger partial charge is 0.504 e. The summed E-state index contributed by atoms with van der Waals surface area (Å²) in [6.45, 7) is 3.83. The molecule has 0 aliphatic heterocycles. The SMILES string of the molecule is CCc1cc(-c2ccc(N=Nc3c(O)c(S(=O)(=O)O)c4ccccc4c3N)c(CC)c2)ccc1N=Nc1c(O)c(S(=O)(=O)O)c2ccccc2c1N. The van der Waals surface area contributed by atoms with Crippen LogP contribution in [0.15, 0.2) is 115 Å². The van der Waals surface area contributed by atoms with Crippen LogP contribution in [0.5, 0.6) is 11.5 Å². The van der Waals surface area contributed by atoms with Crippen LogP contribution in [0.4, 0.5) is 34.1 Å². The van der Waals surface area contributed by atoms with Crippen LogP contribution in [-0.4, -0.2) is 36.2 Å². The summed E-state index contributed by atoms with van der Waals surface area (Å²) < 4.78 is 68.5. The van der Waals surface area contributed by atoms with Crippen LogP contribution < -0.4 is 11.5 Å². The van der Waals surface area contributed by atoms with E-state index in [-0.39, 0.29) is 44.3 Å². The first-order chi connectivity index (χ1) is 24.6. The van der Waals surface area contributed by atoms with Crippen LogP contribution in [0.3, 0.4) is 0 Å². The van der Waals surface area contributed by atoms with Crippen molar-refractivity contribution in [1.82, 2.24) is 0 Å². The van der Waals surface area contributed by atoms with Gasteiger partial charge in [-0.05, 0) is 59.4 Å². The molecule has 6 aromatic rings. The molecule has 14 nitrogen and oxygen atoms in total. The van der Waals surface area contributed by atoms with Gasteiger partial charge >= 0.3 is 0 Å². The van der Waals surface area contributed by atoms with Crippen LogP contribution in [0.1, 0.15) is 25.0 Å². The Balaban J connectivity index is 1.35. The minimum atomic E-state index is -4.84. The number of nitrogens with two attached hydrogens (primary N) is 2. The molecule has 8 N–H and O–H groups in total. The number of fused-ring (bicyclic) bond motifs is 2. The van der Waals surface area contributed by atoms with Gasteiger partial charge in [-0.3, -0.25) is 9.11 Å². The van der Waals surface area contributed by atoms with E-state index >= 15 is 0 Å². The predicted octanol–water partition coefficient (Wildman–Crippen LogP) is 8.68. The standard InChI is InChI=1S/C36H32N6O8S2/c1-3-19-17-21(13-15-27(19)39-41-31-29(37)23-9-5-7-11-25(23)35(33(31)43)51(45,46)47)22-14-16-28(20(4-2)18-22)40-42-32-30(38)24-10-6-8-12-26(24)36(34(32)44)52(48,49)50/h5-18,43-44H,3-4,37-38H2,1-2H3,(H,45,46,47)(H,48,49,50). The molecule has 0 fully saturated rings. The van der Waals surface area contributed by atoms with E-state index < -0.39 is 41.5 Å². The zero-order valence-corrected chi connectivity index (χ0v) is 29.3. The van der Waals surface area contributed by atoms with Gasteiger partial charge in [0.05, 0.1) is 22.7 Å². The summed E-state index contributed by atoms with van der Waals surface area (Å²) >= 11 is 0. The maximum absolute atomic E-state index is 12.2. The van der Waals surface area contributed by atoms with E-state index in [4.69, 9.17) is 11.5 Å². The number of nitrogen functional groups attached to an aromatic ring is 2. The first kappa shape index (κ1) is 35.9. The summed E-state index contributed by atoms with van der Waals surface area (Å²) in [5, 5.41) is 39.1. The van der Waals surface area contributed by atoms with Crippen molar-refractivity contribution < 1.29 is 36.2 Å². The highest BCUT2D eigenvalue weighted by Gasteiger charge is 2.27. The minimum Gasteiger partial charge on any atom is -0.504 e. The number of benzene rings is 6. The topological polar surface area (TPSA) is 251 Å². The molecule has 0 amide bonds. The van der Waals surface area contributed by atoms with Gasteiger partial charge in [0.25, 0.3) is 20.2 Å². The number of nitrogens with zero attached hydrogens (tertiary/aromatic N) is 4. The van der Waals surface area contributed by atoms with E-state index in [1.807, 2.05) is 26.0 Å². The van der Waals surface area contributed by atoms with Crippen LogP contribution >= 0.6 is 0 Å². The monoisotopic (exact) mass is 740 g/mol. The summed E-state index contributed by atoms with van der Waals surface area (Å²) in [4.78, 5) is -1.43. The summed E-state index contributed by atoms with van der Waals surface area (Å²) in [5.41, 5.74) is 16.0. The van der Waals surface area contributed by atoms with Gasteiger partial charge in [0, 0.05) is 21.5 Å². The second kappa shape index (κ2) is 13.6. The molecule has 6 rings (SSSR count). The smallest absolute Gasteiger partial charge is 0.298 e. The fourth-order valence-electron chi connectivity index (χ4n) is 6.04. The number of rotatable bonds is 9. The van der Waals surface area contributed by atoms with E-state index in [2.05, 4.69) is 20.5 Å². The molecule has 52 heavy (non-hydrogen) atoms. The Hall–Kier alpha value is -5.94. The second-order valence-electron chi connectivity index (χ2n) is 11.7. The number of aromatic hydroxyl groups is 2. The van der Waals surface area contributed by atoms with E-state index in [0.717, 1.165) is 22.3 Å². The normalized spacial score (nSPS) is 12.5. The molecule has 16 heteroatoms. The van der Waals surface area contributed by atoms with Gasteiger partial charge in [0.2, 0.25) is 0 Å². The van der Waals surface area contributed by atoms with Gasteiger partial charge in [-0.2, -0.15) is 27.1 Å². The number of phenols is 2.